The minimum atomic E-state index is 0.705. The molecule has 0 amide bonds. The molecule has 0 radical (unpaired) electrons. The minimum Gasteiger partial charge on any atom is -0.497 e. The van der Waals surface area contributed by atoms with Crippen molar-refractivity contribution in [3.8, 4) is 17.1 Å². The number of H-pyrrole nitrogens is 1. The lowest BCUT2D eigenvalue weighted by Gasteiger charge is -1.97. The predicted molar refractivity (Wildman–Crippen MR) is 72.5 cm³/mol. The summed E-state index contributed by atoms with van der Waals surface area (Å²) in [6.45, 7) is 0. The van der Waals surface area contributed by atoms with Crippen LogP contribution < -0.4 is 10.5 Å². The van der Waals surface area contributed by atoms with Crippen LogP contribution in [-0.2, 0) is 0 Å². The highest BCUT2D eigenvalue weighted by molar-refractivity contribution is 5.86. The second-order valence-corrected chi connectivity index (χ2v) is 4.11. The third kappa shape index (κ3) is 1.78. The molecule has 3 N–H and O–H groups in total. The standard InChI is InChI=1S/C14H13N3O/c1-18-11-2-3-12-9(6-11)7-14(17-12)13-8-10(15)4-5-16-13/h2-8,17H,1H3,(H2,15,16). The van der Waals surface area contributed by atoms with Gasteiger partial charge in [0.25, 0.3) is 0 Å². The number of aromatic nitrogens is 2. The van der Waals surface area contributed by atoms with Gasteiger partial charge in [-0.25, -0.2) is 0 Å². The Labute approximate surface area is 104 Å². The largest absolute Gasteiger partial charge is 0.497 e. The molecular weight excluding hydrogens is 226 g/mol. The quantitative estimate of drug-likeness (QED) is 0.722. The summed E-state index contributed by atoms with van der Waals surface area (Å²) in [6, 6.07) is 11.6. The van der Waals surface area contributed by atoms with Crippen molar-refractivity contribution in [2.45, 2.75) is 0 Å². The zero-order chi connectivity index (χ0) is 12.5. The highest BCUT2D eigenvalue weighted by atomic mass is 16.5. The summed E-state index contributed by atoms with van der Waals surface area (Å²) < 4.78 is 5.21. The van der Waals surface area contributed by atoms with E-state index in [1.54, 1.807) is 19.4 Å². The fourth-order valence-electron chi connectivity index (χ4n) is 1.97. The molecule has 1 aromatic carbocycles. The third-order valence-corrected chi connectivity index (χ3v) is 2.89. The maximum absolute atomic E-state index is 5.76. The van der Waals surface area contributed by atoms with Gasteiger partial charge in [0, 0.05) is 22.8 Å². The van der Waals surface area contributed by atoms with Crippen molar-refractivity contribution in [3.63, 3.8) is 0 Å². The first-order chi connectivity index (χ1) is 8.76. The zero-order valence-corrected chi connectivity index (χ0v) is 9.97. The average molecular weight is 239 g/mol. The van der Waals surface area contributed by atoms with E-state index in [0.29, 0.717) is 5.69 Å². The van der Waals surface area contributed by atoms with Crippen LogP contribution in [0.2, 0.25) is 0 Å². The van der Waals surface area contributed by atoms with Gasteiger partial charge in [-0.15, -0.1) is 0 Å². The molecule has 4 nitrogen and oxygen atoms in total. The Balaban J connectivity index is 2.13. The van der Waals surface area contributed by atoms with E-state index in [1.807, 2.05) is 30.3 Å². The molecule has 0 saturated carbocycles. The summed E-state index contributed by atoms with van der Waals surface area (Å²) in [7, 11) is 1.66. The summed E-state index contributed by atoms with van der Waals surface area (Å²) in [4.78, 5) is 7.62. The molecule has 18 heavy (non-hydrogen) atoms. The smallest absolute Gasteiger partial charge is 0.119 e. The molecule has 0 aliphatic carbocycles. The normalized spacial score (nSPS) is 10.7. The molecule has 0 saturated heterocycles. The maximum atomic E-state index is 5.76. The Bertz CT molecular complexity index is 703. The minimum absolute atomic E-state index is 0.705. The second-order valence-electron chi connectivity index (χ2n) is 4.11. The topological polar surface area (TPSA) is 63.9 Å². The van der Waals surface area contributed by atoms with Crippen LogP contribution in [0.5, 0.6) is 5.75 Å². The van der Waals surface area contributed by atoms with E-state index in [0.717, 1.165) is 28.0 Å². The Kier molecular flexibility index (Phi) is 2.41. The van der Waals surface area contributed by atoms with Gasteiger partial charge in [-0.2, -0.15) is 0 Å². The molecule has 0 unspecified atom stereocenters. The number of fused-ring (bicyclic) bond motifs is 1. The van der Waals surface area contributed by atoms with Crippen LogP contribution in [-0.4, -0.2) is 17.1 Å². The lowest BCUT2D eigenvalue weighted by molar-refractivity contribution is 0.415. The molecule has 0 aliphatic rings. The van der Waals surface area contributed by atoms with Gasteiger partial charge in [-0.05, 0) is 36.4 Å². The summed E-state index contributed by atoms with van der Waals surface area (Å²) in [5, 5.41) is 1.09. The van der Waals surface area contributed by atoms with Crippen LogP contribution >= 0.6 is 0 Å². The molecule has 2 heterocycles. The van der Waals surface area contributed by atoms with Gasteiger partial charge >= 0.3 is 0 Å². The summed E-state index contributed by atoms with van der Waals surface area (Å²) in [6.07, 6.45) is 1.71. The lowest BCUT2D eigenvalue weighted by atomic mass is 10.2. The average Bonchev–Trinajstić information content (AvgIpc) is 2.81. The van der Waals surface area contributed by atoms with Crippen LogP contribution in [0.4, 0.5) is 5.69 Å². The number of hydrogen-bond donors (Lipinski definition) is 2. The van der Waals surface area contributed by atoms with Crippen molar-refractivity contribution in [1.29, 1.82) is 0 Å². The van der Waals surface area contributed by atoms with Gasteiger partial charge in [0.2, 0.25) is 0 Å². The number of nitrogens with two attached hydrogens (primary N) is 1. The van der Waals surface area contributed by atoms with Gasteiger partial charge < -0.3 is 15.5 Å². The SMILES string of the molecule is COc1ccc2[nH]c(-c3cc(N)ccn3)cc2c1. The van der Waals surface area contributed by atoms with E-state index in [9.17, 15) is 0 Å². The molecule has 0 bridgehead atoms. The third-order valence-electron chi connectivity index (χ3n) is 2.89. The van der Waals surface area contributed by atoms with E-state index in [-0.39, 0.29) is 0 Å². The monoisotopic (exact) mass is 239 g/mol. The van der Waals surface area contributed by atoms with Crippen molar-refractivity contribution < 1.29 is 4.74 Å². The number of nitrogens with one attached hydrogen (secondary N) is 1. The number of nitrogen functional groups attached to an aromatic ring is 1. The Hall–Kier alpha value is -2.49. The van der Waals surface area contributed by atoms with Crippen molar-refractivity contribution >= 4 is 16.6 Å². The molecule has 0 fully saturated rings. The van der Waals surface area contributed by atoms with Gasteiger partial charge in [0.1, 0.15) is 5.75 Å². The first kappa shape index (κ1) is 10.7. The highest BCUT2D eigenvalue weighted by Gasteiger charge is 2.05. The molecule has 0 spiro atoms. The van der Waals surface area contributed by atoms with Crippen molar-refractivity contribution in [2.24, 2.45) is 0 Å². The highest BCUT2D eigenvalue weighted by Crippen LogP contribution is 2.26. The van der Waals surface area contributed by atoms with Gasteiger partial charge in [0.15, 0.2) is 0 Å². The molecule has 4 heteroatoms. The summed E-state index contributed by atoms with van der Waals surface area (Å²) >= 11 is 0. The number of ether oxygens (including phenoxy) is 1. The number of anilines is 1. The predicted octanol–water partition coefficient (Wildman–Crippen LogP) is 2.82. The number of rotatable bonds is 2. The van der Waals surface area contributed by atoms with Crippen LogP contribution in [0.15, 0.2) is 42.6 Å². The first-order valence-corrected chi connectivity index (χ1v) is 5.65. The number of hydrogen-bond acceptors (Lipinski definition) is 3. The van der Waals surface area contributed by atoms with Gasteiger partial charge in [-0.1, -0.05) is 0 Å². The molecule has 0 atom stereocenters. The van der Waals surface area contributed by atoms with Crippen molar-refractivity contribution in [3.05, 3.63) is 42.6 Å². The van der Waals surface area contributed by atoms with Crippen molar-refractivity contribution in [1.82, 2.24) is 9.97 Å². The van der Waals surface area contributed by atoms with Crippen LogP contribution in [0.25, 0.3) is 22.3 Å². The number of methoxy groups -OCH3 is 1. The first-order valence-electron chi connectivity index (χ1n) is 5.65. The molecular formula is C14H13N3O. The summed E-state index contributed by atoms with van der Waals surface area (Å²) in [5.74, 6) is 0.841. The fraction of sp³-hybridized carbons (Fsp3) is 0.0714. The Morgan fingerprint density at radius 1 is 1.17 bits per heavy atom. The van der Waals surface area contributed by atoms with E-state index in [1.165, 1.54) is 0 Å². The summed E-state index contributed by atoms with van der Waals surface area (Å²) in [5.41, 5.74) is 9.31. The number of pyridine rings is 1. The number of nitrogens with zero attached hydrogens (tertiary/aromatic N) is 1. The molecule has 0 aliphatic heterocycles. The molecule has 90 valence electrons. The Morgan fingerprint density at radius 3 is 2.83 bits per heavy atom. The fourth-order valence-corrected chi connectivity index (χ4v) is 1.97. The van der Waals surface area contributed by atoms with Gasteiger partial charge in [0.05, 0.1) is 18.5 Å². The Morgan fingerprint density at radius 2 is 2.06 bits per heavy atom. The van der Waals surface area contributed by atoms with E-state index < -0.39 is 0 Å². The molecule has 3 rings (SSSR count). The second kappa shape index (κ2) is 4.07. The number of aromatic amines is 1. The van der Waals surface area contributed by atoms with E-state index in [2.05, 4.69) is 9.97 Å². The number of benzene rings is 1. The van der Waals surface area contributed by atoms with Crippen molar-refractivity contribution in [2.75, 3.05) is 12.8 Å². The van der Waals surface area contributed by atoms with Gasteiger partial charge in [-0.3, -0.25) is 4.98 Å². The lowest BCUT2D eigenvalue weighted by Crippen LogP contribution is -1.88. The van der Waals surface area contributed by atoms with E-state index >= 15 is 0 Å². The van der Waals surface area contributed by atoms with Crippen LogP contribution in [0, 0.1) is 0 Å². The van der Waals surface area contributed by atoms with Crippen LogP contribution in [0.1, 0.15) is 0 Å². The van der Waals surface area contributed by atoms with Crippen LogP contribution in [0.3, 0.4) is 0 Å². The molecule has 3 aromatic rings. The zero-order valence-electron chi connectivity index (χ0n) is 9.97. The van der Waals surface area contributed by atoms with E-state index in [4.69, 9.17) is 10.5 Å². The molecule has 2 aromatic heterocycles. The maximum Gasteiger partial charge on any atom is 0.119 e.